The Morgan fingerprint density at radius 2 is 2.16 bits per heavy atom. The Hall–Kier alpha value is -2.14. The van der Waals surface area contributed by atoms with E-state index in [4.69, 9.17) is 0 Å². The van der Waals surface area contributed by atoms with E-state index >= 15 is 0 Å². The molecule has 1 aromatic heterocycles. The van der Waals surface area contributed by atoms with Crippen molar-refractivity contribution < 1.29 is 4.79 Å². The lowest BCUT2D eigenvalue weighted by Gasteiger charge is -2.31. The lowest BCUT2D eigenvalue weighted by atomic mass is 9.80. The van der Waals surface area contributed by atoms with E-state index in [9.17, 15) is 4.79 Å². The van der Waals surface area contributed by atoms with E-state index in [-0.39, 0.29) is 11.9 Å². The van der Waals surface area contributed by atoms with Gasteiger partial charge < -0.3 is 10.6 Å². The van der Waals surface area contributed by atoms with E-state index in [2.05, 4.69) is 46.9 Å². The number of carbonyl (C=O) groups is 1. The first-order valence-electron chi connectivity index (χ1n) is 9.37. The van der Waals surface area contributed by atoms with Gasteiger partial charge in [0.05, 0.1) is 12.1 Å². The second-order valence-electron chi connectivity index (χ2n) is 7.35. The van der Waals surface area contributed by atoms with E-state index in [1.54, 1.807) is 0 Å². The van der Waals surface area contributed by atoms with E-state index in [1.165, 1.54) is 11.1 Å². The summed E-state index contributed by atoms with van der Waals surface area (Å²) in [5, 5.41) is 11.2. The van der Waals surface area contributed by atoms with Gasteiger partial charge in [0.1, 0.15) is 5.69 Å². The van der Waals surface area contributed by atoms with Gasteiger partial charge in [0.15, 0.2) is 0 Å². The number of rotatable bonds is 3. The van der Waals surface area contributed by atoms with Gasteiger partial charge in [-0.05, 0) is 55.3 Å². The van der Waals surface area contributed by atoms with Crippen LogP contribution in [0.15, 0.2) is 36.5 Å². The summed E-state index contributed by atoms with van der Waals surface area (Å²) in [6.07, 6.45) is 6.40. The van der Waals surface area contributed by atoms with E-state index in [1.807, 2.05) is 16.9 Å². The number of hydrogen-bond donors (Lipinski definition) is 2. The van der Waals surface area contributed by atoms with E-state index < -0.39 is 0 Å². The quantitative estimate of drug-likeness (QED) is 0.905. The van der Waals surface area contributed by atoms with Gasteiger partial charge in [0, 0.05) is 12.7 Å². The molecule has 1 fully saturated rings. The average molecular weight is 338 g/mol. The number of fused-ring (bicyclic) bond motifs is 1. The van der Waals surface area contributed by atoms with Crippen molar-refractivity contribution in [3.63, 3.8) is 0 Å². The molecule has 2 heterocycles. The summed E-state index contributed by atoms with van der Waals surface area (Å²) in [6.45, 7) is 4.22. The highest BCUT2D eigenvalue weighted by Crippen LogP contribution is 2.34. The van der Waals surface area contributed by atoms with Crippen molar-refractivity contribution in [1.82, 2.24) is 20.4 Å². The predicted molar refractivity (Wildman–Crippen MR) is 97.5 cm³/mol. The molecule has 2 aromatic rings. The van der Waals surface area contributed by atoms with Crippen LogP contribution in [0.25, 0.3) is 0 Å². The largest absolute Gasteiger partial charge is 0.344 e. The number of benzene rings is 1. The Balaban J connectivity index is 1.49. The van der Waals surface area contributed by atoms with Crippen LogP contribution in [0.4, 0.5) is 0 Å². The normalized spacial score (nSPS) is 26.0. The second-order valence-corrected chi connectivity index (χ2v) is 7.35. The predicted octanol–water partition coefficient (Wildman–Crippen LogP) is 2.86. The van der Waals surface area contributed by atoms with Gasteiger partial charge in [0.2, 0.25) is 0 Å². The van der Waals surface area contributed by atoms with Crippen LogP contribution in [-0.4, -0.2) is 28.8 Å². The van der Waals surface area contributed by atoms with Gasteiger partial charge >= 0.3 is 0 Å². The Morgan fingerprint density at radius 3 is 3.00 bits per heavy atom. The summed E-state index contributed by atoms with van der Waals surface area (Å²) in [6, 6.07) is 10.7. The number of amides is 1. The number of aryl methyl sites for hydroxylation is 1. The molecule has 1 aliphatic heterocycles. The molecule has 5 heteroatoms. The summed E-state index contributed by atoms with van der Waals surface area (Å²) in [7, 11) is 0. The van der Waals surface area contributed by atoms with Crippen LogP contribution < -0.4 is 10.6 Å². The molecule has 0 radical (unpaired) electrons. The molecular weight excluding hydrogens is 312 g/mol. The van der Waals surface area contributed by atoms with Crippen LogP contribution in [0, 0.1) is 5.92 Å². The standard InChI is InChI=1S/C20H26N4O/c1-14-8-9-15-5-2-3-7-17(15)19(14)22-20(25)18-10-12-24(23-18)16-6-4-11-21-13-16/h2-3,5,7,10,12,14,16,19,21H,4,6,8-9,11,13H2,1H3,(H,22,25). The fourth-order valence-corrected chi connectivity index (χ4v) is 4.08. The lowest BCUT2D eigenvalue weighted by Crippen LogP contribution is -2.36. The van der Waals surface area contributed by atoms with Gasteiger partial charge in [-0.15, -0.1) is 0 Å². The van der Waals surface area contributed by atoms with Gasteiger partial charge in [-0.1, -0.05) is 31.2 Å². The van der Waals surface area contributed by atoms with Gasteiger partial charge in [-0.2, -0.15) is 5.10 Å². The molecule has 25 heavy (non-hydrogen) atoms. The Kier molecular flexibility index (Phi) is 4.57. The summed E-state index contributed by atoms with van der Waals surface area (Å²) in [4.78, 5) is 12.8. The van der Waals surface area contributed by atoms with Crippen molar-refractivity contribution in [1.29, 1.82) is 0 Å². The van der Waals surface area contributed by atoms with Crippen molar-refractivity contribution in [2.24, 2.45) is 5.92 Å². The molecule has 3 atom stereocenters. The van der Waals surface area contributed by atoms with Crippen LogP contribution in [0.1, 0.15) is 59.9 Å². The number of nitrogens with zero attached hydrogens (tertiary/aromatic N) is 2. The van der Waals surface area contributed by atoms with Crippen molar-refractivity contribution in [2.45, 2.75) is 44.7 Å². The molecule has 1 aromatic carbocycles. The molecule has 1 aliphatic carbocycles. The minimum absolute atomic E-state index is 0.0685. The van der Waals surface area contributed by atoms with Crippen LogP contribution in [-0.2, 0) is 6.42 Å². The molecule has 0 bridgehead atoms. The zero-order valence-electron chi connectivity index (χ0n) is 14.7. The van der Waals surface area contributed by atoms with Crippen molar-refractivity contribution >= 4 is 5.91 Å². The first-order valence-corrected chi connectivity index (χ1v) is 9.37. The van der Waals surface area contributed by atoms with Crippen LogP contribution in [0.2, 0.25) is 0 Å². The number of piperidine rings is 1. The summed E-state index contributed by atoms with van der Waals surface area (Å²) >= 11 is 0. The third-order valence-electron chi connectivity index (χ3n) is 5.60. The number of carbonyl (C=O) groups excluding carboxylic acids is 1. The zero-order valence-corrected chi connectivity index (χ0v) is 14.7. The molecule has 0 spiro atoms. The molecule has 132 valence electrons. The SMILES string of the molecule is CC1CCc2ccccc2C1NC(=O)c1ccn(C2CCCNC2)n1. The van der Waals surface area contributed by atoms with E-state index in [0.717, 1.165) is 38.8 Å². The average Bonchev–Trinajstić information content (AvgIpc) is 3.15. The van der Waals surface area contributed by atoms with E-state index in [0.29, 0.717) is 17.7 Å². The van der Waals surface area contributed by atoms with Gasteiger partial charge in [0.25, 0.3) is 5.91 Å². The number of nitrogens with one attached hydrogen (secondary N) is 2. The first kappa shape index (κ1) is 16.3. The minimum Gasteiger partial charge on any atom is -0.344 e. The highest BCUT2D eigenvalue weighted by atomic mass is 16.2. The van der Waals surface area contributed by atoms with Crippen molar-refractivity contribution in [3.05, 3.63) is 53.3 Å². The molecule has 2 N–H and O–H groups in total. The lowest BCUT2D eigenvalue weighted by molar-refractivity contribution is 0.0913. The fourth-order valence-electron chi connectivity index (χ4n) is 4.08. The molecule has 1 saturated heterocycles. The summed E-state index contributed by atoms with van der Waals surface area (Å²) in [5.74, 6) is 0.361. The number of hydrogen-bond acceptors (Lipinski definition) is 3. The Labute approximate surface area is 148 Å². The topological polar surface area (TPSA) is 59.0 Å². The maximum Gasteiger partial charge on any atom is 0.272 e. The van der Waals surface area contributed by atoms with Crippen molar-refractivity contribution in [3.8, 4) is 0 Å². The minimum atomic E-state index is -0.0731. The second kappa shape index (κ2) is 7.00. The highest BCUT2D eigenvalue weighted by Gasteiger charge is 2.28. The molecule has 3 unspecified atom stereocenters. The maximum atomic E-state index is 12.8. The van der Waals surface area contributed by atoms with Crippen LogP contribution >= 0.6 is 0 Å². The number of aromatic nitrogens is 2. The van der Waals surface area contributed by atoms with Crippen molar-refractivity contribution in [2.75, 3.05) is 13.1 Å². The molecule has 2 aliphatic rings. The fraction of sp³-hybridized carbons (Fsp3) is 0.500. The summed E-state index contributed by atoms with van der Waals surface area (Å²) in [5.41, 5.74) is 3.12. The molecule has 1 amide bonds. The third kappa shape index (κ3) is 3.33. The Bertz CT molecular complexity index is 748. The van der Waals surface area contributed by atoms with Gasteiger partial charge in [-0.25, -0.2) is 0 Å². The van der Waals surface area contributed by atoms with Crippen LogP contribution in [0.5, 0.6) is 0 Å². The molecular formula is C20H26N4O. The molecule has 5 nitrogen and oxygen atoms in total. The molecule has 4 rings (SSSR count). The third-order valence-corrected chi connectivity index (χ3v) is 5.60. The highest BCUT2D eigenvalue weighted by molar-refractivity contribution is 5.92. The summed E-state index contributed by atoms with van der Waals surface area (Å²) < 4.78 is 1.94. The monoisotopic (exact) mass is 338 g/mol. The molecule has 0 saturated carbocycles. The first-order chi connectivity index (χ1) is 12.2. The zero-order chi connectivity index (χ0) is 17.2. The smallest absolute Gasteiger partial charge is 0.272 e. The maximum absolute atomic E-state index is 12.8. The van der Waals surface area contributed by atoms with Gasteiger partial charge in [-0.3, -0.25) is 9.48 Å². The van der Waals surface area contributed by atoms with Crippen LogP contribution in [0.3, 0.4) is 0 Å². The Morgan fingerprint density at radius 1 is 1.28 bits per heavy atom.